The number of carbonyl (C=O) groups is 1. The van der Waals surface area contributed by atoms with Gasteiger partial charge in [0.25, 0.3) is 5.91 Å². The third-order valence-electron chi connectivity index (χ3n) is 2.68. The zero-order valence-corrected chi connectivity index (χ0v) is 12.4. The Morgan fingerprint density at radius 3 is 2.85 bits per heavy atom. The summed E-state index contributed by atoms with van der Waals surface area (Å²) in [6, 6.07) is 3.50. The maximum atomic E-state index is 12.0. The Balaban J connectivity index is 2.31. The second-order valence-corrected chi connectivity index (χ2v) is 4.58. The molecule has 1 amide bonds. The number of ether oxygens (including phenoxy) is 1. The van der Waals surface area contributed by atoms with Crippen LogP contribution in [0.2, 0.25) is 0 Å². The monoisotopic (exact) mass is 279 g/mol. The first kappa shape index (κ1) is 16.4. The van der Waals surface area contributed by atoms with Crippen LogP contribution in [0.25, 0.3) is 0 Å². The number of hydrogen-bond donors (Lipinski definition) is 2. The SMILES string of the molecule is CCCNc1cc(C(=O)NCCCOCCC)ccn1. The molecule has 0 aliphatic rings. The lowest BCUT2D eigenvalue weighted by Gasteiger charge is -2.08. The molecule has 5 nitrogen and oxygen atoms in total. The van der Waals surface area contributed by atoms with E-state index in [9.17, 15) is 4.79 Å². The lowest BCUT2D eigenvalue weighted by Crippen LogP contribution is -2.25. The van der Waals surface area contributed by atoms with Gasteiger partial charge in [0.05, 0.1) is 0 Å². The number of nitrogens with one attached hydrogen (secondary N) is 2. The minimum atomic E-state index is -0.0672. The van der Waals surface area contributed by atoms with Crippen molar-refractivity contribution in [3.63, 3.8) is 0 Å². The summed E-state index contributed by atoms with van der Waals surface area (Å²) in [5.41, 5.74) is 0.632. The summed E-state index contributed by atoms with van der Waals surface area (Å²) >= 11 is 0. The van der Waals surface area contributed by atoms with Gasteiger partial charge in [0.2, 0.25) is 0 Å². The molecule has 5 heteroatoms. The van der Waals surface area contributed by atoms with E-state index in [4.69, 9.17) is 4.74 Å². The van der Waals surface area contributed by atoms with E-state index in [0.29, 0.717) is 18.7 Å². The number of hydrogen-bond acceptors (Lipinski definition) is 4. The maximum absolute atomic E-state index is 12.0. The van der Waals surface area contributed by atoms with Crippen LogP contribution in [0.5, 0.6) is 0 Å². The van der Waals surface area contributed by atoms with Crippen LogP contribution < -0.4 is 10.6 Å². The fraction of sp³-hybridized carbons (Fsp3) is 0.600. The van der Waals surface area contributed by atoms with Crippen molar-refractivity contribution in [1.29, 1.82) is 0 Å². The van der Waals surface area contributed by atoms with E-state index >= 15 is 0 Å². The van der Waals surface area contributed by atoms with Crippen LogP contribution in [0.1, 0.15) is 43.5 Å². The van der Waals surface area contributed by atoms with Crippen molar-refractivity contribution in [2.45, 2.75) is 33.1 Å². The van der Waals surface area contributed by atoms with Crippen molar-refractivity contribution in [2.24, 2.45) is 0 Å². The molecule has 0 aromatic carbocycles. The van der Waals surface area contributed by atoms with Crippen molar-refractivity contribution in [3.8, 4) is 0 Å². The van der Waals surface area contributed by atoms with E-state index in [-0.39, 0.29) is 5.91 Å². The largest absolute Gasteiger partial charge is 0.381 e. The van der Waals surface area contributed by atoms with Crippen molar-refractivity contribution >= 4 is 11.7 Å². The topological polar surface area (TPSA) is 63.2 Å². The molecule has 0 bridgehead atoms. The Kier molecular flexibility index (Phi) is 8.38. The smallest absolute Gasteiger partial charge is 0.251 e. The molecular formula is C15H25N3O2. The van der Waals surface area contributed by atoms with Gasteiger partial charge in [-0.05, 0) is 31.4 Å². The van der Waals surface area contributed by atoms with Crippen LogP contribution in [-0.4, -0.2) is 37.2 Å². The first-order valence-electron chi connectivity index (χ1n) is 7.33. The van der Waals surface area contributed by atoms with E-state index in [2.05, 4.69) is 29.5 Å². The number of nitrogens with zero attached hydrogens (tertiary/aromatic N) is 1. The van der Waals surface area contributed by atoms with Gasteiger partial charge >= 0.3 is 0 Å². The lowest BCUT2D eigenvalue weighted by molar-refractivity contribution is 0.0941. The van der Waals surface area contributed by atoms with Crippen LogP contribution >= 0.6 is 0 Å². The second kappa shape index (κ2) is 10.2. The Morgan fingerprint density at radius 2 is 2.10 bits per heavy atom. The van der Waals surface area contributed by atoms with E-state index in [1.807, 2.05) is 0 Å². The van der Waals surface area contributed by atoms with Crippen LogP contribution in [-0.2, 0) is 4.74 Å². The molecule has 0 radical (unpaired) electrons. The number of anilines is 1. The van der Waals surface area contributed by atoms with Crippen LogP contribution in [0.4, 0.5) is 5.82 Å². The van der Waals surface area contributed by atoms with E-state index in [0.717, 1.165) is 38.2 Å². The number of aromatic nitrogens is 1. The Morgan fingerprint density at radius 1 is 1.25 bits per heavy atom. The summed E-state index contributed by atoms with van der Waals surface area (Å²) in [5.74, 6) is 0.674. The van der Waals surface area contributed by atoms with Gasteiger partial charge in [0, 0.05) is 38.1 Å². The molecule has 0 saturated heterocycles. The zero-order valence-electron chi connectivity index (χ0n) is 12.4. The Labute approximate surface area is 121 Å². The molecule has 1 aromatic heterocycles. The zero-order chi connectivity index (χ0) is 14.6. The number of amides is 1. The van der Waals surface area contributed by atoms with Gasteiger partial charge in [-0.2, -0.15) is 0 Å². The van der Waals surface area contributed by atoms with Gasteiger partial charge in [-0.1, -0.05) is 13.8 Å². The van der Waals surface area contributed by atoms with Crippen molar-refractivity contribution in [2.75, 3.05) is 31.6 Å². The molecule has 20 heavy (non-hydrogen) atoms. The quantitative estimate of drug-likeness (QED) is 0.646. The van der Waals surface area contributed by atoms with Gasteiger partial charge < -0.3 is 15.4 Å². The molecule has 0 unspecified atom stereocenters. The summed E-state index contributed by atoms with van der Waals surface area (Å²) < 4.78 is 5.36. The number of rotatable bonds is 10. The summed E-state index contributed by atoms with van der Waals surface area (Å²) in [5, 5.41) is 6.05. The summed E-state index contributed by atoms with van der Waals surface area (Å²) in [6.45, 7) is 7.12. The second-order valence-electron chi connectivity index (χ2n) is 4.58. The van der Waals surface area contributed by atoms with E-state index in [1.54, 1.807) is 18.3 Å². The first-order chi connectivity index (χ1) is 9.77. The molecule has 1 heterocycles. The minimum absolute atomic E-state index is 0.0672. The minimum Gasteiger partial charge on any atom is -0.381 e. The average Bonchev–Trinajstić information content (AvgIpc) is 2.48. The van der Waals surface area contributed by atoms with Gasteiger partial charge in [0.15, 0.2) is 0 Å². The first-order valence-corrected chi connectivity index (χ1v) is 7.33. The Hall–Kier alpha value is -1.62. The predicted octanol–water partition coefficient (Wildman–Crippen LogP) is 2.45. The Bertz CT molecular complexity index is 396. The highest BCUT2D eigenvalue weighted by atomic mass is 16.5. The molecule has 112 valence electrons. The molecule has 0 spiro atoms. The van der Waals surface area contributed by atoms with Crippen LogP contribution in [0.15, 0.2) is 18.3 Å². The van der Waals surface area contributed by atoms with Crippen molar-refractivity contribution in [3.05, 3.63) is 23.9 Å². The van der Waals surface area contributed by atoms with Crippen LogP contribution in [0, 0.1) is 0 Å². The highest BCUT2D eigenvalue weighted by Crippen LogP contribution is 2.06. The van der Waals surface area contributed by atoms with Gasteiger partial charge in [-0.15, -0.1) is 0 Å². The molecule has 1 aromatic rings. The molecule has 0 saturated carbocycles. The molecule has 0 atom stereocenters. The highest BCUT2D eigenvalue weighted by Gasteiger charge is 2.05. The summed E-state index contributed by atoms with van der Waals surface area (Å²) in [7, 11) is 0. The van der Waals surface area contributed by atoms with E-state index in [1.165, 1.54) is 0 Å². The third kappa shape index (κ3) is 6.52. The number of pyridine rings is 1. The molecule has 0 aliphatic carbocycles. The summed E-state index contributed by atoms with van der Waals surface area (Å²) in [4.78, 5) is 16.1. The third-order valence-corrected chi connectivity index (χ3v) is 2.68. The normalized spacial score (nSPS) is 10.3. The maximum Gasteiger partial charge on any atom is 0.251 e. The van der Waals surface area contributed by atoms with Crippen molar-refractivity contribution in [1.82, 2.24) is 10.3 Å². The van der Waals surface area contributed by atoms with Gasteiger partial charge in [-0.3, -0.25) is 4.79 Å². The number of carbonyl (C=O) groups excluding carboxylic acids is 1. The van der Waals surface area contributed by atoms with Crippen LogP contribution in [0.3, 0.4) is 0 Å². The summed E-state index contributed by atoms with van der Waals surface area (Å²) in [6.07, 6.45) is 4.53. The molecule has 2 N–H and O–H groups in total. The molecule has 1 rings (SSSR count). The van der Waals surface area contributed by atoms with Crippen molar-refractivity contribution < 1.29 is 9.53 Å². The molecule has 0 fully saturated rings. The average molecular weight is 279 g/mol. The standard InChI is InChI=1S/C15H25N3O2/c1-3-7-16-14-12-13(6-9-17-14)15(19)18-8-5-11-20-10-4-2/h6,9,12H,3-5,7-8,10-11H2,1-2H3,(H,16,17)(H,18,19). The van der Waals surface area contributed by atoms with Gasteiger partial charge in [-0.25, -0.2) is 4.98 Å². The molecular weight excluding hydrogens is 254 g/mol. The van der Waals surface area contributed by atoms with Gasteiger partial charge in [0.1, 0.15) is 5.82 Å². The fourth-order valence-corrected chi connectivity index (χ4v) is 1.65. The fourth-order valence-electron chi connectivity index (χ4n) is 1.65. The highest BCUT2D eigenvalue weighted by molar-refractivity contribution is 5.94. The predicted molar refractivity (Wildman–Crippen MR) is 81.1 cm³/mol. The molecule has 0 aliphatic heterocycles. The van der Waals surface area contributed by atoms with E-state index < -0.39 is 0 Å². The lowest BCUT2D eigenvalue weighted by atomic mass is 10.2.